The maximum Gasteiger partial charge on any atom is 0.321 e. The van der Waals surface area contributed by atoms with Crippen LogP contribution >= 0.6 is 12.4 Å². The predicted molar refractivity (Wildman–Crippen MR) is 101 cm³/mol. The third-order valence-electron chi connectivity index (χ3n) is 4.82. The van der Waals surface area contributed by atoms with E-state index in [1.54, 1.807) is 0 Å². The van der Waals surface area contributed by atoms with Gasteiger partial charge in [0, 0.05) is 31.4 Å². The van der Waals surface area contributed by atoms with Gasteiger partial charge in [-0.15, -0.1) is 12.4 Å². The molecule has 2 heterocycles. The zero-order chi connectivity index (χ0) is 16.8. The Labute approximate surface area is 155 Å². The number of anilines is 1. The van der Waals surface area contributed by atoms with Crippen LogP contribution in [-0.4, -0.2) is 49.1 Å². The second kappa shape index (κ2) is 9.63. The molecule has 2 fully saturated rings. The van der Waals surface area contributed by atoms with Crippen molar-refractivity contribution in [2.75, 3.05) is 31.5 Å². The Kier molecular flexibility index (Phi) is 7.52. The van der Waals surface area contributed by atoms with E-state index in [9.17, 15) is 9.59 Å². The number of halogens is 1. The minimum Gasteiger partial charge on any atom is -0.353 e. The van der Waals surface area contributed by atoms with Gasteiger partial charge < -0.3 is 20.9 Å². The number of carbonyl (C=O) groups is 2. The van der Waals surface area contributed by atoms with Crippen molar-refractivity contribution in [1.82, 2.24) is 15.5 Å². The second-order valence-corrected chi connectivity index (χ2v) is 6.61. The van der Waals surface area contributed by atoms with Crippen molar-refractivity contribution >= 4 is 30.0 Å². The fourth-order valence-corrected chi connectivity index (χ4v) is 3.35. The highest BCUT2D eigenvalue weighted by Crippen LogP contribution is 2.15. The van der Waals surface area contributed by atoms with Gasteiger partial charge >= 0.3 is 6.03 Å². The number of nitrogens with zero attached hydrogens (tertiary/aromatic N) is 1. The summed E-state index contributed by atoms with van der Waals surface area (Å²) in [4.78, 5) is 26.4. The zero-order valence-electron chi connectivity index (χ0n) is 14.4. The fourth-order valence-electron chi connectivity index (χ4n) is 3.35. The molecule has 0 spiro atoms. The van der Waals surface area contributed by atoms with Gasteiger partial charge in [-0.1, -0.05) is 18.2 Å². The maximum absolute atomic E-state index is 12.3. The molecule has 1 aromatic rings. The van der Waals surface area contributed by atoms with E-state index in [1.165, 1.54) is 0 Å². The van der Waals surface area contributed by atoms with Crippen molar-refractivity contribution in [3.8, 4) is 0 Å². The summed E-state index contributed by atoms with van der Waals surface area (Å²) >= 11 is 0. The molecule has 3 amide bonds. The van der Waals surface area contributed by atoms with Crippen LogP contribution in [0.1, 0.15) is 25.7 Å². The average molecular weight is 367 g/mol. The van der Waals surface area contributed by atoms with Gasteiger partial charge in [0.1, 0.15) is 0 Å². The number of hydrogen-bond donors (Lipinski definition) is 3. The topological polar surface area (TPSA) is 73.5 Å². The SMILES string of the molecule is Cl.O=C(NC1CCN(C(=O)Nc2ccccc2)CC1)C1CCCNC1. The largest absolute Gasteiger partial charge is 0.353 e. The molecule has 3 rings (SSSR count). The summed E-state index contributed by atoms with van der Waals surface area (Å²) in [6.07, 6.45) is 3.66. The van der Waals surface area contributed by atoms with E-state index >= 15 is 0 Å². The highest BCUT2D eigenvalue weighted by Gasteiger charge is 2.27. The molecule has 1 aromatic carbocycles. The first-order chi connectivity index (χ1) is 11.7. The Bertz CT molecular complexity index is 555. The van der Waals surface area contributed by atoms with E-state index in [1.807, 2.05) is 35.2 Å². The standard InChI is InChI=1S/C18H26N4O2.ClH/c23-17(14-5-4-10-19-13-14)20-16-8-11-22(12-9-16)18(24)21-15-6-2-1-3-7-15;/h1-3,6-7,14,16,19H,4-5,8-13H2,(H,20,23)(H,21,24);1H. The van der Waals surface area contributed by atoms with Gasteiger partial charge in [0.25, 0.3) is 0 Å². The van der Waals surface area contributed by atoms with Gasteiger partial charge in [0.2, 0.25) is 5.91 Å². The molecule has 138 valence electrons. The summed E-state index contributed by atoms with van der Waals surface area (Å²) in [5.41, 5.74) is 0.808. The molecule has 2 aliphatic rings. The normalized spacial score (nSPS) is 21.1. The Morgan fingerprint density at radius 3 is 2.44 bits per heavy atom. The maximum atomic E-state index is 12.3. The molecular formula is C18H27ClN4O2. The molecule has 0 radical (unpaired) electrons. The molecule has 2 saturated heterocycles. The Morgan fingerprint density at radius 2 is 1.80 bits per heavy atom. The first-order valence-electron chi connectivity index (χ1n) is 8.84. The van der Waals surface area contributed by atoms with Crippen LogP contribution in [0.5, 0.6) is 0 Å². The number of amides is 3. The predicted octanol–water partition coefficient (Wildman–Crippen LogP) is 2.22. The quantitative estimate of drug-likeness (QED) is 0.768. The van der Waals surface area contributed by atoms with E-state index < -0.39 is 0 Å². The number of hydrogen-bond acceptors (Lipinski definition) is 3. The number of urea groups is 1. The lowest BCUT2D eigenvalue weighted by Crippen LogP contribution is -2.50. The van der Waals surface area contributed by atoms with Crippen molar-refractivity contribution in [3.05, 3.63) is 30.3 Å². The van der Waals surface area contributed by atoms with E-state index in [0.29, 0.717) is 13.1 Å². The van der Waals surface area contributed by atoms with Crippen LogP contribution in [0.15, 0.2) is 30.3 Å². The summed E-state index contributed by atoms with van der Waals surface area (Å²) in [6, 6.07) is 9.59. The van der Waals surface area contributed by atoms with E-state index in [0.717, 1.165) is 44.5 Å². The number of carbonyl (C=O) groups excluding carboxylic acids is 2. The van der Waals surface area contributed by atoms with Gasteiger partial charge in [-0.25, -0.2) is 4.79 Å². The summed E-state index contributed by atoms with van der Waals surface area (Å²) in [7, 11) is 0. The van der Waals surface area contributed by atoms with Crippen molar-refractivity contribution in [1.29, 1.82) is 0 Å². The Balaban J connectivity index is 0.00000225. The minimum absolute atomic E-state index is 0. The first-order valence-corrected chi connectivity index (χ1v) is 8.84. The molecular weight excluding hydrogens is 340 g/mol. The zero-order valence-corrected chi connectivity index (χ0v) is 15.2. The molecule has 6 nitrogen and oxygen atoms in total. The highest BCUT2D eigenvalue weighted by atomic mass is 35.5. The van der Waals surface area contributed by atoms with Crippen LogP contribution in [0.2, 0.25) is 0 Å². The Hall–Kier alpha value is -1.79. The van der Waals surface area contributed by atoms with Crippen LogP contribution < -0.4 is 16.0 Å². The third kappa shape index (κ3) is 5.61. The lowest BCUT2D eigenvalue weighted by Gasteiger charge is -2.33. The summed E-state index contributed by atoms with van der Waals surface area (Å²) in [5, 5.41) is 9.35. The van der Waals surface area contributed by atoms with Gasteiger partial charge in [0.15, 0.2) is 0 Å². The first kappa shape index (κ1) is 19.5. The Morgan fingerprint density at radius 1 is 1.08 bits per heavy atom. The molecule has 1 unspecified atom stereocenters. The van der Waals surface area contributed by atoms with Crippen molar-refractivity contribution in [3.63, 3.8) is 0 Å². The molecule has 1 atom stereocenters. The van der Waals surface area contributed by atoms with E-state index in [-0.39, 0.29) is 36.3 Å². The molecule has 0 aromatic heterocycles. The van der Waals surface area contributed by atoms with Gasteiger partial charge in [0.05, 0.1) is 5.92 Å². The van der Waals surface area contributed by atoms with E-state index in [4.69, 9.17) is 0 Å². The fraction of sp³-hybridized carbons (Fsp3) is 0.556. The molecule has 25 heavy (non-hydrogen) atoms. The molecule has 7 heteroatoms. The lowest BCUT2D eigenvalue weighted by atomic mass is 9.97. The van der Waals surface area contributed by atoms with Crippen molar-refractivity contribution in [2.24, 2.45) is 5.92 Å². The van der Waals surface area contributed by atoms with Crippen LogP contribution in [0, 0.1) is 5.92 Å². The number of benzene rings is 1. The molecule has 0 bridgehead atoms. The minimum atomic E-state index is -0.0672. The summed E-state index contributed by atoms with van der Waals surface area (Å²) in [6.45, 7) is 3.14. The highest BCUT2D eigenvalue weighted by molar-refractivity contribution is 5.89. The number of nitrogens with one attached hydrogen (secondary N) is 3. The number of rotatable bonds is 3. The average Bonchev–Trinajstić information content (AvgIpc) is 2.64. The van der Waals surface area contributed by atoms with Gasteiger partial charge in [-0.05, 0) is 44.4 Å². The van der Waals surface area contributed by atoms with Crippen molar-refractivity contribution in [2.45, 2.75) is 31.7 Å². The lowest BCUT2D eigenvalue weighted by molar-refractivity contribution is -0.126. The number of likely N-dealkylation sites (tertiary alicyclic amines) is 1. The van der Waals surface area contributed by atoms with Gasteiger partial charge in [-0.2, -0.15) is 0 Å². The van der Waals surface area contributed by atoms with Crippen LogP contribution in [-0.2, 0) is 4.79 Å². The number of piperidine rings is 2. The third-order valence-corrected chi connectivity index (χ3v) is 4.82. The molecule has 0 saturated carbocycles. The number of para-hydroxylation sites is 1. The van der Waals surface area contributed by atoms with Gasteiger partial charge in [-0.3, -0.25) is 4.79 Å². The van der Waals surface area contributed by atoms with Crippen LogP contribution in [0.4, 0.5) is 10.5 Å². The second-order valence-electron chi connectivity index (χ2n) is 6.61. The monoisotopic (exact) mass is 366 g/mol. The molecule has 0 aliphatic carbocycles. The van der Waals surface area contributed by atoms with Crippen LogP contribution in [0.3, 0.4) is 0 Å². The van der Waals surface area contributed by atoms with E-state index in [2.05, 4.69) is 16.0 Å². The summed E-state index contributed by atoms with van der Waals surface area (Å²) in [5.74, 6) is 0.257. The molecule has 3 N–H and O–H groups in total. The van der Waals surface area contributed by atoms with Crippen LogP contribution in [0.25, 0.3) is 0 Å². The smallest absolute Gasteiger partial charge is 0.321 e. The molecule has 2 aliphatic heterocycles. The van der Waals surface area contributed by atoms with Crippen molar-refractivity contribution < 1.29 is 9.59 Å². The summed E-state index contributed by atoms with van der Waals surface area (Å²) < 4.78 is 0.